The summed E-state index contributed by atoms with van der Waals surface area (Å²) in [5.41, 5.74) is 1.48. The molecule has 0 radical (unpaired) electrons. The van der Waals surface area contributed by atoms with Gasteiger partial charge in [-0.05, 0) is 43.0 Å². The molecule has 3 heterocycles. The number of carbonyl (C=O) groups is 1. The Kier molecular flexibility index (Phi) is 5.51. The summed E-state index contributed by atoms with van der Waals surface area (Å²) in [6, 6.07) is 3.35. The largest absolute Gasteiger partial charge is 0.464 e. The Morgan fingerprint density at radius 1 is 1.30 bits per heavy atom. The van der Waals surface area contributed by atoms with E-state index in [-0.39, 0.29) is 11.6 Å². The second-order valence-electron chi connectivity index (χ2n) is 6.65. The predicted octanol–water partition coefficient (Wildman–Crippen LogP) is 0.502. The van der Waals surface area contributed by atoms with Crippen LogP contribution >= 0.6 is 0 Å². The molecule has 2 aromatic rings. The molecule has 0 bridgehead atoms. The van der Waals surface area contributed by atoms with Crippen LogP contribution in [0, 0.1) is 12.8 Å². The van der Waals surface area contributed by atoms with Crippen molar-refractivity contribution < 1.29 is 17.9 Å². The van der Waals surface area contributed by atoms with Gasteiger partial charge in [0, 0.05) is 24.3 Å². The summed E-state index contributed by atoms with van der Waals surface area (Å²) in [6.07, 6.45) is 2.74. The van der Waals surface area contributed by atoms with E-state index in [1.54, 1.807) is 19.1 Å². The third kappa shape index (κ3) is 4.66. The quantitative estimate of drug-likeness (QED) is 0.672. The van der Waals surface area contributed by atoms with E-state index in [1.807, 2.05) is 0 Å². The Labute approximate surface area is 157 Å². The van der Waals surface area contributed by atoms with Crippen LogP contribution in [0.1, 0.15) is 29.0 Å². The number of hydrogen-bond donors (Lipinski definition) is 0. The first-order chi connectivity index (χ1) is 12.8. The summed E-state index contributed by atoms with van der Waals surface area (Å²) < 4.78 is 29.4. The van der Waals surface area contributed by atoms with E-state index in [1.165, 1.54) is 22.5 Å². The molecule has 0 aliphatic carbocycles. The minimum absolute atomic E-state index is 0.192. The maximum absolute atomic E-state index is 11.7. The lowest BCUT2D eigenvalue weighted by Gasteiger charge is -2.29. The number of aryl methyl sites for hydroxylation is 1. The first-order valence-electron chi connectivity index (χ1n) is 8.56. The zero-order valence-corrected chi connectivity index (χ0v) is 16.3. The summed E-state index contributed by atoms with van der Waals surface area (Å²) in [5.74, 6) is 0.166. The molecular weight excluding hydrogens is 372 g/mol. The van der Waals surface area contributed by atoms with Crippen LogP contribution in [0.25, 0.3) is 11.4 Å². The normalized spacial score (nSPS) is 16.4. The monoisotopic (exact) mass is 394 g/mol. The van der Waals surface area contributed by atoms with Crippen molar-refractivity contribution in [2.45, 2.75) is 26.3 Å². The van der Waals surface area contributed by atoms with Crippen LogP contribution in [0.4, 0.5) is 0 Å². The molecule has 0 amide bonds. The summed E-state index contributed by atoms with van der Waals surface area (Å²) in [5, 5.41) is 12.5. The van der Waals surface area contributed by atoms with Gasteiger partial charge >= 0.3 is 5.97 Å². The van der Waals surface area contributed by atoms with E-state index < -0.39 is 16.0 Å². The van der Waals surface area contributed by atoms with Crippen molar-refractivity contribution in [3.8, 4) is 11.4 Å². The smallest absolute Gasteiger partial charge is 0.356 e. The lowest BCUT2D eigenvalue weighted by molar-refractivity contribution is 0.0594. The Hall–Kier alpha value is -2.40. The first kappa shape index (κ1) is 19.4. The van der Waals surface area contributed by atoms with Crippen LogP contribution in [0.3, 0.4) is 0 Å². The number of rotatable bonds is 5. The Balaban J connectivity index is 1.69. The van der Waals surface area contributed by atoms with Gasteiger partial charge < -0.3 is 4.74 Å². The minimum Gasteiger partial charge on any atom is -0.464 e. The van der Waals surface area contributed by atoms with Gasteiger partial charge in [0.05, 0.1) is 19.9 Å². The van der Waals surface area contributed by atoms with Gasteiger partial charge in [-0.15, -0.1) is 10.2 Å². The van der Waals surface area contributed by atoms with E-state index in [0.717, 1.165) is 12.8 Å². The van der Waals surface area contributed by atoms with Crippen molar-refractivity contribution in [1.29, 1.82) is 0 Å². The number of aromatic nitrogens is 5. The predicted molar refractivity (Wildman–Crippen MR) is 96.3 cm³/mol. The second kappa shape index (κ2) is 7.69. The number of pyridine rings is 1. The number of esters is 1. The second-order valence-corrected chi connectivity index (χ2v) is 8.63. The SMILES string of the molecule is COC(=O)c1cc(-c2nnn(CC3CCN(S(C)(=O)=O)CC3)n2)cc(C)n1. The highest BCUT2D eigenvalue weighted by Gasteiger charge is 2.25. The standard InChI is InChI=1S/C16H22N6O4S/c1-11-8-13(9-14(17-11)16(23)26-2)15-18-20-22(19-15)10-12-4-6-21(7-5-12)27(3,24)25/h8-9,12H,4-7,10H2,1-3H3. The van der Waals surface area contributed by atoms with Crippen LogP contribution in [-0.4, -0.2) is 70.3 Å². The number of tetrazole rings is 1. The van der Waals surface area contributed by atoms with Gasteiger partial charge in [-0.2, -0.15) is 4.80 Å². The molecule has 0 unspecified atom stereocenters. The zero-order valence-electron chi connectivity index (χ0n) is 15.5. The van der Waals surface area contributed by atoms with E-state index in [4.69, 9.17) is 4.74 Å². The fourth-order valence-corrected chi connectivity index (χ4v) is 3.97. The fourth-order valence-electron chi connectivity index (χ4n) is 3.10. The van der Waals surface area contributed by atoms with Crippen molar-refractivity contribution >= 4 is 16.0 Å². The fraction of sp³-hybridized carbons (Fsp3) is 0.562. The molecular formula is C16H22N6O4S. The molecule has 27 heavy (non-hydrogen) atoms. The maximum Gasteiger partial charge on any atom is 0.356 e. The molecule has 2 aromatic heterocycles. The van der Waals surface area contributed by atoms with Crippen molar-refractivity contribution in [1.82, 2.24) is 29.5 Å². The molecule has 1 aliphatic heterocycles. The van der Waals surface area contributed by atoms with Crippen LogP contribution in [0.2, 0.25) is 0 Å². The summed E-state index contributed by atoms with van der Waals surface area (Å²) in [6.45, 7) is 3.36. The van der Waals surface area contributed by atoms with Crippen molar-refractivity contribution in [3.63, 3.8) is 0 Å². The lowest BCUT2D eigenvalue weighted by Crippen LogP contribution is -2.38. The Morgan fingerprint density at radius 2 is 2.00 bits per heavy atom. The van der Waals surface area contributed by atoms with E-state index in [9.17, 15) is 13.2 Å². The van der Waals surface area contributed by atoms with Gasteiger partial charge in [-0.1, -0.05) is 0 Å². The number of carbonyl (C=O) groups excluding carboxylic acids is 1. The average Bonchev–Trinajstić information content (AvgIpc) is 3.08. The molecule has 0 saturated carbocycles. The molecule has 0 spiro atoms. The van der Waals surface area contributed by atoms with Crippen LogP contribution in [0.5, 0.6) is 0 Å². The Morgan fingerprint density at radius 3 is 2.63 bits per heavy atom. The third-order valence-electron chi connectivity index (χ3n) is 4.52. The van der Waals surface area contributed by atoms with E-state index in [2.05, 4.69) is 20.4 Å². The number of hydrogen-bond acceptors (Lipinski definition) is 8. The number of piperidine rings is 1. The van der Waals surface area contributed by atoms with Crippen LogP contribution in [0.15, 0.2) is 12.1 Å². The van der Waals surface area contributed by atoms with Crippen molar-refractivity contribution in [2.24, 2.45) is 5.92 Å². The lowest BCUT2D eigenvalue weighted by atomic mass is 9.98. The van der Waals surface area contributed by atoms with Crippen LogP contribution in [-0.2, 0) is 21.3 Å². The average molecular weight is 394 g/mol. The van der Waals surface area contributed by atoms with Gasteiger partial charge in [-0.25, -0.2) is 22.5 Å². The third-order valence-corrected chi connectivity index (χ3v) is 5.83. The van der Waals surface area contributed by atoms with Gasteiger partial charge in [0.15, 0.2) is 0 Å². The molecule has 0 N–H and O–H groups in total. The molecule has 11 heteroatoms. The highest BCUT2D eigenvalue weighted by Crippen LogP contribution is 2.21. The summed E-state index contributed by atoms with van der Waals surface area (Å²) in [7, 11) is -1.83. The number of nitrogens with zero attached hydrogens (tertiary/aromatic N) is 6. The molecule has 3 rings (SSSR count). The van der Waals surface area contributed by atoms with Gasteiger partial charge in [0.1, 0.15) is 5.69 Å². The zero-order chi connectivity index (χ0) is 19.6. The van der Waals surface area contributed by atoms with Crippen LogP contribution < -0.4 is 0 Å². The first-order valence-corrected chi connectivity index (χ1v) is 10.4. The Bertz CT molecular complexity index is 934. The topological polar surface area (TPSA) is 120 Å². The molecule has 1 saturated heterocycles. The van der Waals surface area contributed by atoms with Gasteiger partial charge in [0.2, 0.25) is 15.8 Å². The number of ether oxygens (including phenoxy) is 1. The number of methoxy groups -OCH3 is 1. The highest BCUT2D eigenvalue weighted by molar-refractivity contribution is 7.88. The molecule has 0 atom stereocenters. The van der Waals surface area contributed by atoms with Crippen molar-refractivity contribution in [3.05, 3.63) is 23.5 Å². The minimum atomic E-state index is -3.13. The van der Waals surface area contributed by atoms with E-state index in [0.29, 0.717) is 36.7 Å². The van der Waals surface area contributed by atoms with Crippen molar-refractivity contribution in [2.75, 3.05) is 26.5 Å². The molecule has 146 valence electrons. The summed E-state index contributed by atoms with van der Waals surface area (Å²) in [4.78, 5) is 17.4. The number of sulfonamides is 1. The molecule has 0 aromatic carbocycles. The van der Waals surface area contributed by atoms with Gasteiger partial charge in [0.25, 0.3) is 0 Å². The highest BCUT2D eigenvalue weighted by atomic mass is 32.2. The molecule has 1 aliphatic rings. The maximum atomic E-state index is 11.7. The molecule has 10 nitrogen and oxygen atoms in total. The van der Waals surface area contributed by atoms with Gasteiger partial charge in [-0.3, -0.25) is 0 Å². The van der Waals surface area contributed by atoms with E-state index >= 15 is 0 Å². The summed E-state index contributed by atoms with van der Waals surface area (Å²) >= 11 is 0. The molecule has 1 fully saturated rings.